The van der Waals surface area contributed by atoms with E-state index in [1.54, 1.807) is 12.3 Å². The van der Waals surface area contributed by atoms with Crippen molar-refractivity contribution in [3.05, 3.63) is 53.9 Å². The van der Waals surface area contributed by atoms with E-state index in [0.717, 1.165) is 51.9 Å². The van der Waals surface area contributed by atoms with Crippen LogP contribution in [-0.2, 0) is 11.2 Å². The Morgan fingerprint density at radius 1 is 1.07 bits per heavy atom. The number of hydrogen-bond donors (Lipinski definition) is 1. The Balaban J connectivity index is 1.34. The number of aromatic nitrogens is 2. The van der Waals surface area contributed by atoms with Crippen molar-refractivity contribution in [2.75, 3.05) is 26.2 Å². The Hall–Kier alpha value is -2.63. The van der Waals surface area contributed by atoms with Gasteiger partial charge in [0.2, 0.25) is 5.91 Å². The summed E-state index contributed by atoms with van der Waals surface area (Å²) in [4.78, 5) is 29.9. The summed E-state index contributed by atoms with van der Waals surface area (Å²) in [5, 5.41) is 6.73. The van der Waals surface area contributed by atoms with Gasteiger partial charge in [-0.2, -0.15) is 5.10 Å². The first-order valence-corrected chi connectivity index (χ1v) is 10.8. The minimum absolute atomic E-state index is 0.00900. The van der Waals surface area contributed by atoms with Crippen LogP contribution in [0.25, 0.3) is 0 Å². The largest absolute Gasteiger partial charge is 0.341 e. The number of likely N-dealkylation sites (tertiary alicyclic amines) is 2. The minimum atomic E-state index is -0.00900. The van der Waals surface area contributed by atoms with Crippen LogP contribution < -0.4 is 0 Å². The van der Waals surface area contributed by atoms with Gasteiger partial charge in [-0.25, -0.2) is 0 Å². The third-order valence-corrected chi connectivity index (χ3v) is 7.30. The molecule has 6 heteroatoms. The standard InChI is InChI=1S/C23H28N4O2/c28-21(18-7-4-8-18)26-13-19-14-27(22(29)20-10-12-24-25-20)16-23(19,15-26)11-9-17-5-2-1-3-6-17/h1-3,5-6,10,12,18-19H,4,7-9,11,13-16H2,(H,24,25). The zero-order chi connectivity index (χ0) is 19.8. The van der Waals surface area contributed by atoms with Gasteiger partial charge in [-0.15, -0.1) is 0 Å². The molecule has 1 aromatic heterocycles. The topological polar surface area (TPSA) is 69.3 Å². The van der Waals surface area contributed by atoms with Crippen LogP contribution in [0, 0.1) is 17.3 Å². The molecule has 2 amide bonds. The molecule has 0 spiro atoms. The smallest absolute Gasteiger partial charge is 0.271 e. The van der Waals surface area contributed by atoms with Crippen LogP contribution in [0.2, 0.25) is 0 Å². The number of hydrogen-bond acceptors (Lipinski definition) is 3. The first kappa shape index (κ1) is 18.4. The highest BCUT2D eigenvalue weighted by atomic mass is 16.2. The van der Waals surface area contributed by atoms with Gasteiger partial charge in [0.15, 0.2) is 0 Å². The molecule has 1 N–H and O–H groups in total. The number of aryl methyl sites for hydroxylation is 1. The van der Waals surface area contributed by atoms with Crippen LogP contribution >= 0.6 is 0 Å². The molecule has 5 rings (SSSR count). The molecule has 1 aliphatic carbocycles. The quantitative estimate of drug-likeness (QED) is 0.851. The van der Waals surface area contributed by atoms with Gasteiger partial charge < -0.3 is 9.80 Å². The maximum absolute atomic E-state index is 12.9. The lowest BCUT2D eigenvalue weighted by atomic mass is 9.76. The van der Waals surface area contributed by atoms with E-state index in [-0.39, 0.29) is 17.2 Å². The van der Waals surface area contributed by atoms with Gasteiger partial charge in [-0.05, 0) is 37.3 Å². The zero-order valence-electron chi connectivity index (χ0n) is 16.7. The second kappa shape index (κ2) is 7.32. The minimum Gasteiger partial charge on any atom is -0.341 e. The molecule has 3 fully saturated rings. The molecule has 2 saturated heterocycles. The Morgan fingerprint density at radius 3 is 2.52 bits per heavy atom. The Kier molecular flexibility index (Phi) is 4.64. The van der Waals surface area contributed by atoms with Crippen LogP contribution in [-0.4, -0.2) is 58.0 Å². The molecule has 6 nitrogen and oxygen atoms in total. The first-order valence-electron chi connectivity index (χ1n) is 10.8. The summed E-state index contributed by atoms with van der Waals surface area (Å²) in [6.45, 7) is 3.02. The second-order valence-corrected chi connectivity index (χ2v) is 9.05. The lowest BCUT2D eigenvalue weighted by Gasteiger charge is -2.32. The van der Waals surface area contributed by atoms with Crippen LogP contribution in [0.4, 0.5) is 0 Å². The second-order valence-electron chi connectivity index (χ2n) is 9.05. The Bertz CT molecular complexity index is 878. The van der Waals surface area contributed by atoms with E-state index in [4.69, 9.17) is 0 Å². The number of carbonyl (C=O) groups is 2. The van der Waals surface area contributed by atoms with Crippen LogP contribution in [0.1, 0.15) is 41.7 Å². The maximum Gasteiger partial charge on any atom is 0.271 e. The summed E-state index contributed by atoms with van der Waals surface area (Å²) in [5.41, 5.74) is 1.86. The van der Waals surface area contributed by atoms with Gasteiger partial charge in [0, 0.05) is 49.6 Å². The summed E-state index contributed by atoms with van der Waals surface area (Å²) in [7, 11) is 0. The Morgan fingerprint density at radius 2 is 1.83 bits per heavy atom. The van der Waals surface area contributed by atoms with Crippen molar-refractivity contribution < 1.29 is 9.59 Å². The summed E-state index contributed by atoms with van der Waals surface area (Å²) in [6, 6.07) is 12.3. The van der Waals surface area contributed by atoms with Gasteiger partial charge in [0.1, 0.15) is 5.69 Å². The van der Waals surface area contributed by atoms with Gasteiger partial charge in [0.25, 0.3) is 5.91 Å². The van der Waals surface area contributed by atoms with E-state index in [2.05, 4.69) is 39.4 Å². The van der Waals surface area contributed by atoms with E-state index in [1.807, 2.05) is 11.0 Å². The molecular weight excluding hydrogens is 364 g/mol. The highest BCUT2D eigenvalue weighted by molar-refractivity contribution is 5.92. The van der Waals surface area contributed by atoms with E-state index < -0.39 is 0 Å². The van der Waals surface area contributed by atoms with Gasteiger partial charge in [-0.3, -0.25) is 14.7 Å². The van der Waals surface area contributed by atoms with Gasteiger partial charge in [-0.1, -0.05) is 36.8 Å². The van der Waals surface area contributed by atoms with Crippen LogP contribution in [0.3, 0.4) is 0 Å². The molecule has 152 valence electrons. The number of nitrogens with one attached hydrogen (secondary N) is 1. The van der Waals surface area contributed by atoms with E-state index in [1.165, 1.54) is 12.0 Å². The van der Waals surface area contributed by atoms with E-state index >= 15 is 0 Å². The fourth-order valence-corrected chi connectivity index (χ4v) is 5.36. The van der Waals surface area contributed by atoms with Crippen molar-refractivity contribution in [1.29, 1.82) is 0 Å². The molecule has 2 aromatic rings. The molecule has 0 bridgehead atoms. The Labute approximate surface area is 171 Å². The van der Waals surface area contributed by atoms with Gasteiger partial charge in [0.05, 0.1) is 0 Å². The molecule has 3 aliphatic rings. The zero-order valence-corrected chi connectivity index (χ0v) is 16.7. The SMILES string of the molecule is O=C(c1ccn[nH]1)N1CC2CN(C(=O)C3CCC3)CC2(CCc2ccccc2)C1. The molecule has 3 heterocycles. The average molecular weight is 393 g/mol. The molecule has 1 saturated carbocycles. The lowest BCUT2D eigenvalue weighted by Crippen LogP contribution is -2.42. The molecule has 1 aromatic carbocycles. The predicted molar refractivity (Wildman–Crippen MR) is 109 cm³/mol. The maximum atomic E-state index is 12.9. The van der Waals surface area contributed by atoms with Crippen molar-refractivity contribution in [1.82, 2.24) is 20.0 Å². The average Bonchev–Trinajstić information content (AvgIpc) is 3.40. The third-order valence-electron chi connectivity index (χ3n) is 7.30. The third kappa shape index (κ3) is 3.34. The summed E-state index contributed by atoms with van der Waals surface area (Å²) in [5.74, 6) is 0.953. The highest BCUT2D eigenvalue weighted by Gasteiger charge is 2.54. The molecule has 2 unspecified atom stereocenters. The predicted octanol–water partition coefficient (Wildman–Crippen LogP) is 2.74. The number of rotatable bonds is 5. The summed E-state index contributed by atoms with van der Waals surface area (Å²) >= 11 is 0. The summed E-state index contributed by atoms with van der Waals surface area (Å²) < 4.78 is 0. The molecule has 2 atom stereocenters. The lowest BCUT2D eigenvalue weighted by molar-refractivity contribution is -0.137. The molecular formula is C23H28N4O2. The van der Waals surface area contributed by atoms with Crippen molar-refractivity contribution in [3.63, 3.8) is 0 Å². The number of H-pyrrole nitrogens is 1. The molecule has 29 heavy (non-hydrogen) atoms. The number of fused-ring (bicyclic) bond motifs is 1. The number of nitrogens with zero attached hydrogens (tertiary/aromatic N) is 3. The number of amides is 2. The fourth-order valence-electron chi connectivity index (χ4n) is 5.36. The normalized spacial score (nSPS) is 26.4. The molecule has 2 aliphatic heterocycles. The van der Waals surface area contributed by atoms with Crippen molar-refractivity contribution >= 4 is 11.8 Å². The molecule has 0 radical (unpaired) electrons. The number of carbonyl (C=O) groups excluding carboxylic acids is 2. The van der Waals surface area contributed by atoms with E-state index in [0.29, 0.717) is 17.5 Å². The van der Waals surface area contributed by atoms with Gasteiger partial charge >= 0.3 is 0 Å². The van der Waals surface area contributed by atoms with E-state index in [9.17, 15) is 9.59 Å². The fraction of sp³-hybridized carbons (Fsp3) is 0.522. The van der Waals surface area contributed by atoms with Crippen LogP contribution in [0.5, 0.6) is 0 Å². The number of benzene rings is 1. The highest BCUT2D eigenvalue weighted by Crippen LogP contribution is 2.47. The van der Waals surface area contributed by atoms with Crippen LogP contribution in [0.15, 0.2) is 42.6 Å². The first-order chi connectivity index (χ1) is 14.1. The number of aromatic amines is 1. The van der Waals surface area contributed by atoms with Crippen molar-refractivity contribution in [2.24, 2.45) is 17.3 Å². The van der Waals surface area contributed by atoms with Crippen molar-refractivity contribution in [3.8, 4) is 0 Å². The summed E-state index contributed by atoms with van der Waals surface area (Å²) in [6.07, 6.45) is 6.87. The monoisotopic (exact) mass is 392 g/mol. The van der Waals surface area contributed by atoms with Crippen molar-refractivity contribution in [2.45, 2.75) is 32.1 Å².